The molecular formula is C10H20N4O3. The van der Waals surface area contributed by atoms with Gasteiger partial charge in [-0.2, -0.15) is 0 Å². The van der Waals surface area contributed by atoms with Crippen LogP contribution in [-0.2, 0) is 14.3 Å². The van der Waals surface area contributed by atoms with Gasteiger partial charge in [-0.15, -0.1) is 0 Å². The summed E-state index contributed by atoms with van der Waals surface area (Å²) in [6, 6.07) is 0. The summed E-state index contributed by atoms with van der Waals surface area (Å²) in [5.74, 6) is -0.342. The molecule has 1 unspecified atom stereocenters. The lowest BCUT2D eigenvalue weighted by atomic mass is 9.97. The molecule has 0 aromatic heterocycles. The Hall–Kier alpha value is -1.30. The largest absolute Gasteiger partial charge is 0.468 e. The first kappa shape index (κ1) is 15.7. The van der Waals surface area contributed by atoms with Gasteiger partial charge in [-0.1, -0.05) is 12.0 Å². The zero-order valence-corrected chi connectivity index (χ0v) is 10.6. The number of esters is 1. The predicted molar refractivity (Wildman–Crippen MR) is 63.5 cm³/mol. The van der Waals surface area contributed by atoms with E-state index < -0.39 is 5.54 Å². The third-order valence-electron chi connectivity index (χ3n) is 2.53. The normalized spacial score (nSPS) is 13.6. The second-order valence-corrected chi connectivity index (χ2v) is 3.60. The number of methoxy groups -OCH3 is 2. The van der Waals surface area contributed by atoms with Gasteiger partial charge in [0.2, 0.25) is 0 Å². The molecule has 0 aliphatic heterocycles. The Kier molecular flexibility index (Phi) is 8.13. The van der Waals surface area contributed by atoms with Gasteiger partial charge in [0.15, 0.2) is 0 Å². The molecule has 0 aromatic carbocycles. The van der Waals surface area contributed by atoms with Crippen LogP contribution in [0.2, 0.25) is 0 Å². The highest BCUT2D eigenvalue weighted by Crippen LogP contribution is 2.13. The summed E-state index contributed by atoms with van der Waals surface area (Å²) in [6.45, 7) is 3.09. The van der Waals surface area contributed by atoms with Gasteiger partial charge < -0.3 is 9.47 Å². The van der Waals surface area contributed by atoms with E-state index in [0.29, 0.717) is 25.9 Å². The van der Waals surface area contributed by atoms with Gasteiger partial charge in [0.05, 0.1) is 13.7 Å². The predicted octanol–water partition coefficient (Wildman–Crippen LogP) is 1.24. The molecule has 0 aromatic rings. The number of hydrogen-bond donors (Lipinski definition) is 1. The number of hydrogen-bond acceptors (Lipinski definition) is 5. The fourth-order valence-corrected chi connectivity index (χ4v) is 1.52. The third-order valence-corrected chi connectivity index (χ3v) is 2.53. The maximum absolute atomic E-state index is 11.7. The van der Waals surface area contributed by atoms with E-state index in [-0.39, 0.29) is 12.6 Å². The van der Waals surface area contributed by atoms with E-state index >= 15 is 0 Å². The molecule has 0 radical (unpaired) electrons. The average Bonchev–Trinajstić information content (AvgIpc) is 2.36. The number of carbonyl (C=O) groups is 1. The van der Waals surface area contributed by atoms with Gasteiger partial charge in [0.1, 0.15) is 5.54 Å². The molecule has 0 bridgehead atoms. The minimum atomic E-state index is -0.820. The van der Waals surface area contributed by atoms with Gasteiger partial charge in [-0.05, 0) is 24.9 Å². The van der Waals surface area contributed by atoms with Crippen LogP contribution in [0.15, 0.2) is 5.11 Å². The molecule has 7 nitrogen and oxygen atoms in total. The van der Waals surface area contributed by atoms with Crippen LogP contribution in [0.5, 0.6) is 0 Å². The quantitative estimate of drug-likeness (QED) is 0.217. The van der Waals surface area contributed by atoms with E-state index in [9.17, 15) is 4.79 Å². The van der Waals surface area contributed by atoms with Crippen LogP contribution in [0.25, 0.3) is 10.4 Å². The molecule has 98 valence electrons. The molecule has 0 saturated heterocycles. The van der Waals surface area contributed by atoms with Gasteiger partial charge in [0.25, 0.3) is 0 Å². The second kappa shape index (κ2) is 8.81. The van der Waals surface area contributed by atoms with Crippen molar-refractivity contribution in [3.05, 3.63) is 10.4 Å². The molecule has 1 atom stereocenters. The Balaban J connectivity index is 4.36. The van der Waals surface area contributed by atoms with Crippen LogP contribution in [0, 0.1) is 0 Å². The monoisotopic (exact) mass is 244 g/mol. The number of ether oxygens (including phenoxy) is 2. The summed E-state index contributed by atoms with van der Waals surface area (Å²) < 4.78 is 9.83. The topological polar surface area (TPSA) is 96.3 Å². The zero-order chi connectivity index (χ0) is 13.1. The van der Waals surface area contributed by atoms with Crippen molar-refractivity contribution in [1.82, 2.24) is 5.32 Å². The average molecular weight is 244 g/mol. The molecule has 0 spiro atoms. The second-order valence-electron chi connectivity index (χ2n) is 3.60. The third kappa shape index (κ3) is 5.04. The van der Waals surface area contributed by atoms with Crippen molar-refractivity contribution in [2.45, 2.75) is 25.3 Å². The molecule has 0 aliphatic carbocycles. The lowest BCUT2D eigenvalue weighted by Crippen LogP contribution is -2.56. The molecular weight excluding hydrogens is 224 g/mol. The van der Waals surface area contributed by atoms with E-state index in [1.165, 1.54) is 14.2 Å². The first-order chi connectivity index (χ1) is 8.16. The minimum absolute atomic E-state index is 0.248. The molecule has 0 saturated carbocycles. The fraction of sp³-hybridized carbons (Fsp3) is 0.900. The maximum atomic E-state index is 11.7. The smallest absolute Gasteiger partial charge is 0.328 e. The zero-order valence-electron chi connectivity index (χ0n) is 10.6. The highest BCUT2D eigenvalue weighted by molar-refractivity contribution is 5.80. The lowest BCUT2D eigenvalue weighted by molar-refractivity contribution is -0.151. The van der Waals surface area contributed by atoms with Crippen LogP contribution in [0.4, 0.5) is 0 Å². The molecule has 0 heterocycles. The summed E-state index contributed by atoms with van der Waals surface area (Å²) >= 11 is 0. The van der Waals surface area contributed by atoms with Gasteiger partial charge >= 0.3 is 5.97 Å². The molecule has 0 fully saturated rings. The summed E-state index contributed by atoms with van der Waals surface area (Å²) in [5.41, 5.74) is 7.31. The molecule has 0 aliphatic rings. The van der Waals surface area contributed by atoms with Crippen molar-refractivity contribution in [2.24, 2.45) is 5.11 Å². The molecule has 7 heteroatoms. The van der Waals surface area contributed by atoms with Crippen molar-refractivity contribution < 1.29 is 14.3 Å². The van der Waals surface area contributed by atoms with Crippen molar-refractivity contribution in [1.29, 1.82) is 0 Å². The van der Waals surface area contributed by atoms with Crippen LogP contribution >= 0.6 is 0 Å². The Morgan fingerprint density at radius 1 is 1.53 bits per heavy atom. The number of azide groups is 1. The minimum Gasteiger partial charge on any atom is -0.468 e. The van der Waals surface area contributed by atoms with E-state index in [1.807, 2.05) is 6.92 Å². The summed E-state index contributed by atoms with van der Waals surface area (Å²) in [4.78, 5) is 14.4. The molecule has 0 rings (SSSR count). The van der Waals surface area contributed by atoms with Crippen molar-refractivity contribution >= 4 is 5.97 Å². The van der Waals surface area contributed by atoms with E-state index in [2.05, 4.69) is 15.3 Å². The van der Waals surface area contributed by atoms with Crippen LogP contribution < -0.4 is 5.32 Å². The summed E-state index contributed by atoms with van der Waals surface area (Å²) in [5, 5.41) is 6.53. The SMILES string of the molecule is CCC(COC)(NCCCN=[N+]=[N-])C(=O)OC. The number of nitrogens with zero attached hydrogens (tertiary/aromatic N) is 3. The number of rotatable bonds is 9. The highest BCUT2D eigenvalue weighted by Gasteiger charge is 2.37. The van der Waals surface area contributed by atoms with Crippen molar-refractivity contribution in [2.75, 3.05) is 33.9 Å². The van der Waals surface area contributed by atoms with Crippen LogP contribution in [-0.4, -0.2) is 45.4 Å². The first-order valence-corrected chi connectivity index (χ1v) is 5.50. The van der Waals surface area contributed by atoms with E-state index in [4.69, 9.17) is 15.0 Å². The summed E-state index contributed by atoms with van der Waals surface area (Å²) in [6.07, 6.45) is 1.22. The van der Waals surface area contributed by atoms with E-state index in [0.717, 1.165) is 0 Å². The standard InChI is InChI=1S/C10H20N4O3/c1-4-10(8-16-2,9(15)17-3)12-6-5-7-13-14-11/h12H,4-8H2,1-3H3. The molecule has 1 N–H and O–H groups in total. The Morgan fingerprint density at radius 2 is 2.24 bits per heavy atom. The van der Waals surface area contributed by atoms with Crippen LogP contribution in [0.3, 0.4) is 0 Å². The highest BCUT2D eigenvalue weighted by atomic mass is 16.5. The van der Waals surface area contributed by atoms with Gasteiger partial charge in [-0.3, -0.25) is 5.32 Å². The number of carbonyl (C=O) groups excluding carboxylic acids is 1. The Bertz CT molecular complexity index is 279. The Morgan fingerprint density at radius 3 is 2.71 bits per heavy atom. The van der Waals surface area contributed by atoms with Gasteiger partial charge in [0, 0.05) is 18.6 Å². The lowest BCUT2D eigenvalue weighted by Gasteiger charge is -2.30. The molecule has 17 heavy (non-hydrogen) atoms. The van der Waals surface area contributed by atoms with Crippen LogP contribution in [0.1, 0.15) is 19.8 Å². The molecule has 0 amide bonds. The van der Waals surface area contributed by atoms with E-state index in [1.54, 1.807) is 0 Å². The maximum Gasteiger partial charge on any atom is 0.328 e. The Labute approximate surface area is 101 Å². The number of nitrogens with one attached hydrogen (secondary N) is 1. The fourth-order valence-electron chi connectivity index (χ4n) is 1.52. The van der Waals surface area contributed by atoms with Gasteiger partial charge in [-0.25, -0.2) is 4.79 Å². The first-order valence-electron chi connectivity index (χ1n) is 5.50. The van der Waals surface area contributed by atoms with Crippen molar-refractivity contribution in [3.8, 4) is 0 Å². The summed E-state index contributed by atoms with van der Waals surface area (Å²) in [7, 11) is 2.89. The van der Waals surface area contributed by atoms with Crippen molar-refractivity contribution in [3.63, 3.8) is 0 Å².